The maximum Gasteiger partial charge on any atom is 0.241 e. The van der Waals surface area contributed by atoms with Gasteiger partial charge in [0.25, 0.3) is 0 Å². The topological polar surface area (TPSA) is 66.5 Å². The SMILES string of the molecule is C=CCNC(=O)CN(c1cc(C)ccc1C)S(C)(=O)=O. The fourth-order valence-electron chi connectivity index (χ4n) is 1.74. The number of carbonyl (C=O) groups is 1. The minimum atomic E-state index is -3.53. The highest BCUT2D eigenvalue weighted by atomic mass is 32.2. The van der Waals surface area contributed by atoms with Crippen LogP contribution in [0.3, 0.4) is 0 Å². The number of hydrogen-bond acceptors (Lipinski definition) is 3. The van der Waals surface area contributed by atoms with E-state index in [4.69, 9.17) is 0 Å². The van der Waals surface area contributed by atoms with Crippen molar-refractivity contribution < 1.29 is 13.2 Å². The lowest BCUT2D eigenvalue weighted by atomic mass is 10.1. The quantitative estimate of drug-likeness (QED) is 0.806. The summed E-state index contributed by atoms with van der Waals surface area (Å²) in [5, 5.41) is 2.58. The van der Waals surface area contributed by atoms with E-state index in [2.05, 4.69) is 11.9 Å². The molecule has 0 aliphatic heterocycles. The smallest absolute Gasteiger partial charge is 0.241 e. The van der Waals surface area contributed by atoms with E-state index in [1.807, 2.05) is 26.0 Å². The number of carbonyl (C=O) groups excluding carboxylic acids is 1. The van der Waals surface area contributed by atoms with E-state index in [1.54, 1.807) is 12.1 Å². The third-order valence-electron chi connectivity index (χ3n) is 2.76. The highest BCUT2D eigenvalue weighted by molar-refractivity contribution is 7.92. The Kier molecular flexibility index (Phi) is 5.33. The summed E-state index contributed by atoms with van der Waals surface area (Å²) < 4.78 is 25.0. The van der Waals surface area contributed by atoms with Crippen LogP contribution in [0.4, 0.5) is 5.69 Å². The first-order chi connectivity index (χ1) is 9.25. The third kappa shape index (κ3) is 4.38. The fraction of sp³-hybridized carbons (Fsp3) is 0.357. The van der Waals surface area contributed by atoms with Gasteiger partial charge in [-0.05, 0) is 31.0 Å². The standard InChI is InChI=1S/C14H20N2O3S/c1-5-8-15-14(17)10-16(20(4,18)19)13-9-11(2)6-7-12(13)3/h5-7,9H,1,8,10H2,2-4H3,(H,15,17). The fourth-order valence-corrected chi connectivity index (χ4v) is 2.65. The van der Waals surface area contributed by atoms with Crippen LogP contribution in [0.5, 0.6) is 0 Å². The molecule has 0 heterocycles. The second-order valence-corrected chi connectivity index (χ2v) is 6.56. The zero-order valence-corrected chi connectivity index (χ0v) is 12.8. The van der Waals surface area contributed by atoms with Crippen LogP contribution >= 0.6 is 0 Å². The largest absolute Gasteiger partial charge is 0.351 e. The highest BCUT2D eigenvalue weighted by Gasteiger charge is 2.22. The van der Waals surface area contributed by atoms with E-state index in [9.17, 15) is 13.2 Å². The van der Waals surface area contributed by atoms with Gasteiger partial charge in [-0.1, -0.05) is 18.2 Å². The van der Waals surface area contributed by atoms with Crippen LogP contribution in [0.25, 0.3) is 0 Å². The molecule has 0 radical (unpaired) electrons. The normalized spacial score (nSPS) is 10.9. The molecule has 20 heavy (non-hydrogen) atoms. The lowest BCUT2D eigenvalue weighted by Crippen LogP contribution is -2.40. The van der Waals surface area contributed by atoms with Crippen molar-refractivity contribution >= 4 is 21.6 Å². The molecule has 5 nitrogen and oxygen atoms in total. The molecule has 1 rings (SSSR count). The molecule has 110 valence electrons. The number of benzene rings is 1. The van der Waals surface area contributed by atoms with Gasteiger partial charge in [0, 0.05) is 6.54 Å². The Morgan fingerprint density at radius 2 is 2.05 bits per heavy atom. The summed E-state index contributed by atoms with van der Waals surface area (Å²) in [5.41, 5.74) is 2.27. The van der Waals surface area contributed by atoms with Crippen LogP contribution in [0.2, 0.25) is 0 Å². The molecule has 0 fully saturated rings. The monoisotopic (exact) mass is 296 g/mol. The van der Waals surface area contributed by atoms with Crippen LogP contribution in [-0.4, -0.2) is 33.7 Å². The molecule has 0 saturated carbocycles. The summed E-state index contributed by atoms with van der Waals surface area (Å²) >= 11 is 0. The number of nitrogens with one attached hydrogen (secondary N) is 1. The molecule has 0 saturated heterocycles. The first-order valence-corrected chi connectivity index (χ1v) is 8.03. The molecule has 1 amide bonds. The van der Waals surface area contributed by atoms with Gasteiger partial charge in [0.1, 0.15) is 6.54 Å². The summed E-state index contributed by atoms with van der Waals surface area (Å²) in [6.45, 7) is 7.26. The predicted octanol–water partition coefficient (Wildman–Crippen LogP) is 1.37. The van der Waals surface area contributed by atoms with Crippen LogP contribution in [-0.2, 0) is 14.8 Å². The Labute approximate surface area is 120 Å². The van der Waals surface area contributed by atoms with E-state index in [-0.39, 0.29) is 12.5 Å². The molecule has 0 aromatic heterocycles. The number of sulfonamides is 1. The first-order valence-electron chi connectivity index (χ1n) is 6.18. The highest BCUT2D eigenvalue weighted by Crippen LogP contribution is 2.23. The van der Waals surface area contributed by atoms with Crippen LogP contribution in [0.1, 0.15) is 11.1 Å². The number of aryl methyl sites for hydroxylation is 2. The van der Waals surface area contributed by atoms with Crippen LogP contribution in [0, 0.1) is 13.8 Å². The van der Waals surface area contributed by atoms with Crippen molar-refractivity contribution in [2.24, 2.45) is 0 Å². The Morgan fingerprint density at radius 3 is 2.60 bits per heavy atom. The molecule has 1 aromatic carbocycles. The Hall–Kier alpha value is -1.82. The van der Waals surface area contributed by atoms with Gasteiger partial charge in [0.15, 0.2) is 0 Å². The molecule has 1 aromatic rings. The zero-order valence-electron chi connectivity index (χ0n) is 12.0. The van der Waals surface area contributed by atoms with Gasteiger partial charge in [-0.15, -0.1) is 6.58 Å². The second-order valence-electron chi connectivity index (χ2n) is 4.65. The molecule has 0 spiro atoms. The van der Waals surface area contributed by atoms with E-state index in [0.717, 1.165) is 21.7 Å². The summed E-state index contributed by atoms with van der Waals surface area (Å²) in [7, 11) is -3.53. The lowest BCUT2D eigenvalue weighted by molar-refractivity contribution is -0.119. The molecule has 1 N–H and O–H groups in total. The maximum absolute atomic E-state index is 11.9. The van der Waals surface area contributed by atoms with E-state index in [0.29, 0.717) is 12.2 Å². The van der Waals surface area contributed by atoms with Gasteiger partial charge in [0.2, 0.25) is 15.9 Å². The minimum absolute atomic E-state index is 0.239. The average Bonchev–Trinajstić information content (AvgIpc) is 2.35. The lowest BCUT2D eigenvalue weighted by Gasteiger charge is -2.24. The molecular weight excluding hydrogens is 276 g/mol. The molecule has 0 unspecified atom stereocenters. The summed E-state index contributed by atoms with van der Waals surface area (Å²) in [4.78, 5) is 11.8. The van der Waals surface area contributed by atoms with Gasteiger partial charge >= 0.3 is 0 Å². The Morgan fingerprint density at radius 1 is 1.40 bits per heavy atom. The van der Waals surface area contributed by atoms with Crippen molar-refractivity contribution in [3.8, 4) is 0 Å². The van der Waals surface area contributed by atoms with Crippen molar-refractivity contribution in [1.29, 1.82) is 0 Å². The van der Waals surface area contributed by atoms with Crippen molar-refractivity contribution in [2.75, 3.05) is 23.7 Å². The summed E-state index contributed by atoms with van der Waals surface area (Å²) in [6.07, 6.45) is 2.64. The number of nitrogens with zero attached hydrogens (tertiary/aromatic N) is 1. The van der Waals surface area contributed by atoms with E-state index >= 15 is 0 Å². The molecule has 0 aliphatic rings. The summed E-state index contributed by atoms with van der Waals surface area (Å²) in [6, 6.07) is 5.50. The van der Waals surface area contributed by atoms with Gasteiger partial charge in [0.05, 0.1) is 11.9 Å². The van der Waals surface area contributed by atoms with Crippen molar-refractivity contribution in [2.45, 2.75) is 13.8 Å². The van der Waals surface area contributed by atoms with Crippen LogP contribution < -0.4 is 9.62 Å². The number of rotatable bonds is 6. The van der Waals surface area contributed by atoms with E-state index < -0.39 is 10.0 Å². The van der Waals surface area contributed by atoms with Crippen LogP contribution in [0.15, 0.2) is 30.9 Å². The van der Waals surface area contributed by atoms with E-state index in [1.165, 1.54) is 0 Å². The second kappa shape index (κ2) is 6.56. The van der Waals surface area contributed by atoms with Gasteiger partial charge in [-0.25, -0.2) is 8.42 Å². The summed E-state index contributed by atoms with van der Waals surface area (Å²) in [5.74, 6) is -0.365. The molecule has 6 heteroatoms. The van der Waals surface area contributed by atoms with Crippen molar-refractivity contribution in [1.82, 2.24) is 5.32 Å². The molecule has 0 atom stereocenters. The Balaban J connectivity index is 3.11. The zero-order chi connectivity index (χ0) is 15.3. The van der Waals surface area contributed by atoms with Crippen molar-refractivity contribution in [3.63, 3.8) is 0 Å². The predicted molar refractivity (Wildman–Crippen MR) is 81.3 cm³/mol. The Bertz CT molecular complexity index is 609. The van der Waals surface area contributed by atoms with Gasteiger partial charge in [-0.3, -0.25) is 9.10 Å². The van der Waals surface area contributed by atoms with Crippen molar-refractivity contribution in [3.05, 3.63) is 42.0 Å². The molecule has 0 aliphatic carbocycles. The number of anilines is 1. The minimum Gasteiger partial charge on any atom is -0.351 e. The average molecular weight is 296 g/mol. The number of amides is 1. The maximum atomic E-state index is 11.9. The van der Waals surface area contributed by atoms with Gasteiger partial charge < -0.3 is 5.32 Å². The first kappa shape index (κ1) is 16.2. The number of hydrogen-bond donors (Lipinski definition) is 1. The van der Waals surface area contributed by atoms with Gasteiger partial charge in [-0.2, -0.15) is 0 Å². The molecule has 0 bridgehead atoms. The third-order valence-corrected chi connectivity index (χ3v) is 3.89. The molecular formula is C14H20N2O3S.